The number of aliphatic hydroxyl groups is 4. The number of ether oxygens (including phenoxy) is 3. The van der Waals surface area contributed by atoms with Gasteiger partial charge in [-0.2, -0.15) is 0 Å². The van der Waals surface area contributed by atoms with Gasteiger partial charge in [-0.1, -0.05) is 78.9 Å². The van der Waals surface area contributed by atoms with E-state index in [4.69, 9.17) is 19.3 Å². The molecule has 7 atom stereocenters. The van der Waals surface area contributed by atoms with Crippen LogP contribution in [-0.4, -0.2) is 168 Å². The van der Waals surface area contributed by atoms with Gasteiger partial charge < -0.3 is 77.0 Å². The van der Waals surface area contributed by atoms with Crippen molar-refractivity contribution in [3.8, 4) is 11.1 Å². The van der Waals surface area contributed by atoms with Crippen molar-refractivity contribution in [2.45, 2.75) is 74.2 Å². The third-order valence-electron chi connectivity index (χ3n) is 11.2. The Hall–Kier alpha value is -7.02. The maximum atomic E-state index is 13.5. The summed E-state index contributed by atoms with van der Waals surface area (Å²) < 4.78 is 16.0. The van der Waals surface area contributed by atoms with E-state index >= 15 is 0 Å². The average Bonchev–Trinajstić information content (AvgIpc) is 3.67. The van der Waals surface area contributed by atoms with E-state index in [1.807, 2.05) is 48.5 Å². The van der Waals surface area contributed by atoms with Gasteiger partial charge in [-0.3, -0.25) is 33.6 Å². The molecule has 12 N–H and O–H groups in total. The highest BCUT2D eigenvalue weighted by Gasteiger charge is 2.43. The van der Waals surface area contributed by atoms with Crippen LogP contribution in [0.15, 0.2) is 78.9 Å². The number of carboxylic acids is 1. The molecule has 1 aliphatic carbocycles. The molecule has 3 aromatic rings. The predicted molar refractivity (Wildman–Crippen MR) is 240 cm³/mol. The van der Waals surface area contributed by atoms with Gasteiger partial charge in [-0.05, 0) is 34.2 Å². The van der Waals surface area contributed by atoms with Crippen molar-refractivity contribution in [3.63, 3.8) is 0 Å². The smallest absolute Gasteiger partial charge is 0.407 e. The molecule has 0 radical (unpaired) electrons. The fraction of sp³-hybridized carbons (Fsp3) is 0.435. The molecule has 23 nitrogen and oxygen atoms in total. The van der Waals surface area contributed by atoms with Crippen LogP contribution in [0.4, 0.5) is 4.79 Å². The van der Waals surface area contributed by atoms with Gasteiger partial charge in [0.15, 0.2) is 0 Å². The van der Waals surface area contributed by atoms with Crippen LogP contribution in [0.3, 0.4) is 0 Å². The molecule has 1 fully saturated rings. The van der Waals surface area contributed by atoms with Crippen molar-refractivity contribution in [2.24, 2.45) is 0 Å². The van der Waals surface area contributed by atoms with Gasteiger partial charge >= 0.3 is 12.1 Å². The molecule has 1 saturated heterocycles. The Morgan fingerprint density at radius 3 is 1.83 bits per heavy atom. The summed E-state index contributed by atoms with van der Waals surface area (Å²) in [6, 6.07) is 21.3. The number of rotatable bonds is 25. The fourth-order valence-electron chi connectivity index (χ4n) is 7.53. The normalized spacial score (nSPS) is 19.0. The van der Waals surface area contributed by atoms with Crippen molar-refractivity contribution in [3.05, 3.63) is 95.6 Å². The van der Waals surface area contributed by atoms with E-state index in [1.54, 1.807) is 30.3 Å². The molecule has 0 unspecified atom stereocenters. The fourth-order valence-corrected chi connectivity index (χ4v) is 7.53. The number of carbonyl (C=O) groups excluding carboxylic acids is 7. The van der Waals surface area contributed by atoms with Crippen LogP contribution in [-0.2, 0) is 54.2 Å². The molecule has 0 bridgehead atoms. The molecule has 2 aliphatic rings. The molecule has 0 saturated carbocycles. The van der Waals surface area contributed by atoms with E-state index in [1.165, 1.54) is 0 Å². The SMILES string of the molecule is O=C(O)CCOCNC(=O)CNC(=O)[C@H](Cc1ccccc1)NC(=O)CNC(=O)CNC(=O)[C@H](CCC(=O)NC[C@@H]1O[C@H](CO)[C@@H](O)[C@H](O)[C@H]1O)NC(=O)OCC1c2ccccc2-c2ccccc21. The number of carbonyl (C=O) groups is 8. The number of carboxylic acid groups (broad SMARTS) is 1. The zero-order chi connectivity index (χ0) is 49.9. The molecule has 69 heavy (non-hydrogen) atoms. The number of hydrogen-bond acceptors (Lipinski definition) is 15. The molecule has 5 rings (SSSR count). The summed E-state index contributed by atoms with van der Waals surface area (Å²) >= 11 is 0. The van der Waals surface area contributed by atoms with Crippen LogP contribution in [0.2, 0.25) is 0 Å². The van der Waals surface area contributed by atoms with E-state index in [-0.39, 0.29) is 51.7 Å². The third-order valence-corrected chi connectivity index (χ3v) is 11.2. The summed E-state index contributed by atoms with van der Waals surface area (Å²) in [5.74, 6) is -6.00. The Morgan fingerprint density at radius 2 is 1.19 bits per heavy atom. The number of hydrogen-bond donors (Lipinski definition) is 12. The topological polar surface area (TPSA) is 350 Å². The number of fused-ring (bicyclic) bond motifs is 3. The summed E-state index contributed by atoms with van der Waals surface area (Å²) in [7, 11) is 0. The van der Waals surface area contributed by atoms with Crippen LogP contribution < -0.4 is 37.2 Å². The second-order valence-electron chi connectivity index (χ2n) is 16.1. The van der Waals surface area contributed by atoms with Gasteiger partial charge in [0.05, 0.1) is 39.3 Å². The molecule has 0 spiro atoms. The molecule has 3 aromatic carbocycles. The van der Waals surface area contributed by atoms with Crippen LogP contribution in [0.1, 0.15) is 41.9 Å². The first-order valence-electron chi connectivity index (χ1n) is 22.1. The summed E-state index contributed by atoms with van der Waals surface area (Å²) in [4.78, 5) is 102. The molecule has 7 amide bonds. The van der Waals surface area contributed by atoms with Gasteiger partial charge in [0.2, 0.25) is 35.4 Å². The van der Waals surface area contributed by atoms with Crippen molar-refractivity contribution in [2.75, 3.05) is 52.7 Å². The lowest BCUT2D eigenvalue weighted by atomic mass is 9.95. The number of aliphatic carboxylic acids is 1. The minimum Gasteiger partial charge on any atom is -0.481 e. The second-order valence-corrected chi connectivity index (χ2v) is 16.1. The van der Waals surface area contributed by atoms with E-state index in [2.05, 4.69) is 37.2 Å². The molecule has 372 valence electrons. The first kappa shape index (κ1) is 52.9. The monoisotopic (exact) mass is 963 g/mol. The van der Waals surface area contributed by atoms with Gasteiger partial charge in [0.25, 0.3) is 0 Å². The zero-order valence-electron chi connectivity index (χ0n) is 37.3. The number of alkyl carbamates (subject to hydrolysis) is 1. The summed E-state index contributed by atoms with van der Waals surface area (Å²) in [6.07, 6.45) is -9.27. The maximum absolute atomic E-state index is 13.5. The first-order valence-corrected chi connectivity index (χ1v) is 22.1. The summed E-state index contributed by atoms with van der Waals surface area (Å²) in [5.41, 5.74) is 4.51. The lowest BCUT2D eigenvalue weighted by molar-refractivity contribution is -0.227. The number of aliphatic hydroxyl groups excluding tert-OH is 4. The molecule has 1 aliphatic heterocycles. The van der Waals surface area contributed by atoms with Gasteiger partial charge in [-0.15, -0.1) is 0 Å². The summed E-state index contributed by atoms with van der Waals surface area (Å²) in [6.45, 7) is -3.39. The van der Waals surface area contributed by atoms with Gasteiger partial charge in [0.1, 0.15) is 55.9 Å². The highest BCUT2D eigenvalue weighted by molar-refractivity contribution is 5.94. The molecule has 1 heterocycles. The van der Waals surface area contributed by atoms with Crippen molar-refractivity contribution in [1.82, 2.24) is 37.2 Å². The quantitative estimate of drug-likeness (QED) is 0.0303. The van der Waals surface area contributed by atoms with Crippen molar-refractivity contribution >= 4 is 47.5 Å². The average molecular weight is 964 g/mol. The zero-order valence-corrected chi connectivity index (χ0v) is 37.3. The minimum absolute atomic E-state index is 0.00613. The van der Waals surface area contributed by atoms with Crippen LogP contribution >= 0.6 is 0 Å². The van der Waals surface area contributed by atoms with Gasteiger partial charge in [0, 0.05) is 25.3 Å². The summed E-state index contributed by atoms with van der Waals surface area (Å²) in [5, 5.41) is 65.6. The molecular formula is C46H57N7O16. The Kier molecular flexibility index (Phi) is 20.3. The number of amides is 7. The van der Waals surface area contributed by atoms with E-state index < -0.39 is 123 Å². The van der Waals surface area contributed by atoms with E-state index in [9.17, 15) is 58.8 Å². The largest absolute Gasteiger partial charge is 0.481 e. The van der Waals surface area contributed by atoms with Crippen LogP contribution in [0.25, 0.3) is 11.1 Å². The first-order chi connectivity index (χ1) is 33.1. The number of benzene rings is 3. The second kappa shape index (κ2) is 26.5. The molecular weight excluding hydrogens is 907 g/mol. The Bertz CT molecular complexity index is 2220. The lowest BCUT2D eigenvalue weighted by Gasteiger charge is -2.40. The number of nitrogens with one attached hydrogen (secondary N) is 7. The highest BCUT2D eigenvalue weighted by Crippen LogP contribution is 2.44. The highest BCUT2D eigenvalue weighted by atomic mass is 16.6. The van der Waals surface area contributed by atoms with E-state index in [0.29, 0.717) is 5.56 Å². The standard InChI is InChI=1S/C46H57N7O16/c54-23-35-42(62)43(63)41(61)34(69-35)19-47-36(55)15-14-32(53-46(66)68-24-31-29-12-6-4-10-27(29)28-11-5-7-13-30(28)31)44(64)49-20-37(56)48-22-39(58)52-33(18-26-8-2-1-3-9-26)45(65)50-21-38(57)51-25-67-17-16-40(59)60/h1-13,31-35,41-43,54,61-63H,14-25H2,(H,47,55)(H,48,56)(H,49,64)(H,50,65)(H,51,57)(H,52,58)(H,53,66)(H,59,60)/t32-,33-,34-,35+,41-,42+,43+/m0/s1. The Balaban J connectivity index is 1.14. The van der Waals surface area contributed by atoms with Crippen LogP contribution in [0, 0.1) is 0 Å². The van der Waals surface area contributed by atoms with E-state index in [0.717, 1.165) is 22.3 Å². The third kappa shape index (κ3) is 16.0. The molecule has 0 aromatic heterocycles. The Morgan fingerprint density at radius 1 is 0.609 bits per heavy atom. The molecule has 23 heteroatoms. The Labute approximate surface area is 395 Å². The van der Waals surface area contributed by atoms with Crippen molar-refractivity contribution in [1.29, 1.82) is 0 Å². The minimum atomic E-state index is -1.67. The van der Waals surface area contributed by atoms with Crippen molar-refractivity contribution < 1.29 is 78.1 Å². The van der Waals surface area contributed by atoms with Gasteiger partial charge in [-0.25, -0.2) is 4.79 Å². The lowest BCUT2D eigenvalue weighted by Crippen LogP contribution is -2.60. The predicted octanol–water partition coefficient (Wildman–Crippen LogP) is -2.73. The van der Waals surface area contributed by atoms with Crippen LogP contribution in [0.5, 0.6) is 0 Å². The maximum Gasteiger partial charge on any atom is 0.407 e.